The van der Waals surface area contributed by atoms with E-state index in [0.29, 0.717) is 5.25 Å². The van der Waals surface area contributed by atoms with E-state index in [1.807, 2.05) is 13.8 Å². The molecule has 0 heterocycles. The Labute approximate surface area is 77.4 Å². The number of carbonyl (C=O) groups is 1. The molecule has 2 N–H and O–H groups in total. The summed E-state index contributed by atoms with van der Waals surface area (Å²) in [7, 11) is 0. The van der Waals surface area contributed by atoms with E-state index in [9.17, 15) is 4.79 Å². The van der Waals surface area contributed by atoms with Crippen LogP contribution in [0.3, 0.4) is 0 Å². The minimum absolute atomic E-state index is 0. The summed E-state index contributed by atoms with van der Waals surface area (Å²) in [6.07, 6.45) is 0. The molecule has 0 aliphatic rings. The van der Waals surface area contributed by atoms with E-state index in [2.05, 4.69) is 0 Å². The molecule has 1 amide bonds. The minimum Gasteiger partial charge on any atom is -1.00 e. The third kappa shape index (κ3) is 9.94. The van der Waals surface area contributed by atoms with E-state index in [-0.39, 0.29) is 36.2 Å². The fourth-order valence-corrected chi connectivity index (χ4v) is 0.697. The van der Waals surface area contributed by atoms with Gasteiger partial charge in [0.05, 0.1) is 0 Å². The van der Waals surface area contributed by atoms with Crippen LogP contribution in [-0.4, -0.2) is 10.5 Å². The van der Waals surface area contributed by atoms with Crippen LogP contribution in [0.25, 0.3) is 0 Å². The van der Waals surface area contributed by atoms with E-state index in [1.165, 1.54) is 0 Å². The second kappa shape index (κ2) is 5.95. The predicted molar refractivity (Wildman–Crippen MR) is 33.4 cm³/mol. The largest absolute Gasteiger partial charge is 1.00 e. The first-order chi connectivity index (χ1) is 3.13. The van der Waals surface area contributed by atoms with Crippen molar-refractivity contribution in [3.63, 3.8) is 0 Å². The first kappa shape index (κ1) is 11.6. The molecule has 8 heavy (non-hydrogen) atoms. The molecule has 2 nitrogen and oxygen atoms in total. The van der Waals surface area contributed by atoms with Crippen molar-refractivity contribution in [2.75, 3.05) is 0 Å². The number of carbonyl (C=O) groups excluding carboxylic acids is 1. The average molecular weight is 143 g/mol. The topological polar surface area (TPSA) is 43.1 Å². The molecule has 0 saturated heterocycles. The van der Waals surface area contributed by atoms with Crippen molar-refractivity contribution in [1.82, 2.24) is 0 Å². The number of hydrogen-bond acceptors (Lipinski definition) is 2. The van der Waals surface area contributed by atoms with Gasteiger partial charge in [0, 0.05) is 5.25 Å². The van der Waals surface area contributed by atoms with Gasteiger partial charge < -0.3 is 7.16 Å². The third-order valence-corrected chi connectivity index (χ3v) is 1.06. The van der Waals surface area contributed by atoms with Gasteiger partial charge in [0.25, 0.3) is 5.24 Å². The zero-order valence-corrected chi connectivity index (χ0v) is 8.29. The van der Waals surface area contributed by atoms with E-state index >= 15 is 0 Å². The molecule has 0 rings (SSSR count). The monoisotopic (exact) mass is 143 g/mol. The van der Waals surface area contributed by atoms with Gasteiger partial charge in [-0.25, -0.2) is 0 Å². The van der Waals surface area contributed by atoms with Gasteiger partial charge in [0.2, 0.25) is 0 Å². The molecule has 0 aromatic carbocycles. The van der Waals surface area contributed by atoms with Crippen LogP contribution in [0.1, 0.15) is 15.3 Å². The minimum atomic E-state index is -0.296. The zero-order chi connectivity index (χ0) is 5.86. The number of amides is 1. The fraction of sp³-hybridized carbons (Fsp3) is 0.750. The summed E-state index contributed by atoms with van der Waals surface area (Å²) in [4.78, 5) is 9.99. The van der Waals surface area contributed by atoms with Gasteiger partial charge in [0.15, 0.2) is 0 Å². The molecule has 0 atom stereocenters. The Morgan fingerprint density at radius 1 is 1.75 bits per heavy atom. The van der Waals surface area contributed by atoms with Gasteiger partial charge in [-0.15, -0.1) is 0 Å². The molecule has 0 bridgehead atoms. The van der Waals surface area contributed by atoms with E-state index in [4.69, 9.17) is 5.73 Å². The number of nitrogens with two attached hydrogens (primary N) is 1. The van der Waals surface area contributed by atoms with E-state index < -0.39 is 0 Å². The first-order valence-corrected chi connectivity index (χ1v) is 2.97. The van der Waals surface area contributed by atoms with Gasteiger partial charge in [-0.3, -0.25) is 4.79 Å². The van der Waals surface area contributed by atoms with Gasteiger partial charge in [0.1, 0.15) is 0 Å². The third-order valence-electron chi connectivity index (χ3n) is 0.352. The molecule has 0 saturated carbocycles. The maximum absolute atomic E-state index is 9.99. The van der Waals surface area contributed by atoms with E-state index in [1.54, 1.807) is 0 Å². The van der Waals surface area contributed by atoms with Crippen LogP contribution < -0.4 is 35.3 Å². The van der Waals surface area contributed by atoms with Crippen LogP contribution in [0.4, 0.5) is 4.79 Å². The summed E-state index contributed by atoms with van der Waals surface area (Å²) in [5.41, 5.74) is 4.82. The van der Waals surface area contributed by atoms with Crippen molar-refractivity contribution in [3.8, 4) is 0 Å². The summed E-state index contributed by atoms with van der Waals surface area (Å²) < 4.78 is 0. The molecule has 0 fully saturated rings. The Morgan fingerprint density at radius 2 is 2.12 bits per heavy atom. The molecular formula is C4H10NNaOS. The smallest absolute Gasteiger partial charge is 1.00 e. The number of rotatable bonds is 1. The normalized spacial score (nSPS) is 8.38. The molecule has 0 aromatic heterocycles. The van der Waals surface area contributed by atoms with Crippen LogP contribution >= 0.6 is 11.8 Å². The molecule has 0 unspecified atom stereocenters. The number of hydrogen-bond donors (Lipinski definition) is 1. The summed E-state index contributed by atoms with van der Waals surface area (Å²) >= 11 is 1.15. The Kier molecular flexibility index (Phi) is 8.62. The second-order valence-corrected chi connectivity index (χ2v) is 3.07. The maximum atomic E-state index is 9.99. The molecule has 4 heteroatoms. The zero-order valence-electron chi connectivity index (χ0n) is 6.47. The summed E-state index contributed by atoms with van der Waals surface area (Å²) in [6.45, 7) is 3.85. The van der Waals surface area contributed by atoms with Crippen LogP contribution in [0.5, 0.6) is 0 Å². The quantitative estimate of drug-likeness (QED) is 0.446. The molecular weight excluding hydrogens is 133 g/mol. The second-order valence-electron chi connectivity index (χ2n) is 1.49. The van der Waals surface area contributed by atoms with Crippen LogP contribution in [0, 0.1) is 0 Å². The van der Waals surface area contributed by atoms with E-state index in [0.717, 1.165) is 11.8 Å². The molecule has 0 spiro atoms. The van der Waals surface area contributed by atoms with Gasteiger partial charge in [-0.2, -0.15) is 0 Å². The molecule has 0 aliphatic heterocycles. The average Bonchev–Trinajstić information content (AvgIpc) is 1.27. The summed E-state index contributed by atoms with van der Waals surface area (Å²) in [5.74, 6) is 0. The summed E-state index contributed by atoms with van der Waals surface area (Å²) in [5, 5.41) is 0.0208. The molecule has 0 radical (unpaired) electrons. The van der Waals surface area contributed by atoms with Gasteiger partial charge in [-0.05, 0) is 0 Å². The molecule has 0 aliphatic carbocycles. The van der Waals surface area contributed by atoms with Gasteiger partial charge >= 0.3 is 29.6 Å². The van der Waals surface area contributed by atoms with Crippen LogP contribution in [0.2, 0.25) is 0 Å². The Balaban J connectivity index is -0.000000180. The predicted octanol–water partition coefficient (Wildman–Crippen LogP) is -1.68. The van der Waals surface area contributed by atoms with Crippen molar-refractivity contribution in [2.45, 2.75) is 19.1 Å². The van der Waals surface area contributed by atoms with Crippen molar-refractivity contribution >= 4 is 17.0 Å². The fourth-order valence-electron chi connectivity index (χ4n) is 0.232. The standard InChI is InChI=1S/C4H9NOS.Na.H/c1-3(2)7-4(5)6;;/h3H,1-2H3,(H2,5,6);;/q;+1;-1. The Hall–Kier alpha value is 0.820. The first-order valence-electron chi connectivity index (χ1n) is 2.09. The Morgan fingerprint density at radius 3 is 2.12 bits per heavy atom. The van der Waals surface area contributed by atoms with Crippen LogP contribution in [0.15, 0.2) is 0 Å². The molecule has 44 valence electrons. The number of primary amides is 1. The van der Waals surface area contributed by atoms with Gasteiger partial charge in [-0.1, -0.05) is 25.6 Å². The van der Waals surface area contributed by atoms with Crippen molar-refractivity contribution < 1.29 is 35.8 Å². The number of thioether (sulfide) groups is 1. The van der Waals surface area contributed by atoms with Crippen LogP contribution in [-0.2, 0) is 0 Å². The van der Waals surface area contributed by atoms with Crippen molar-refractivity contribution in [2.24, 2.45) is 5.73 Å². The van der Waals surface area contributed by atoms with Crippen molar-refractivity contribution in [1.29, 1.82) is 0 Å². The maximum Gasteiger partial charge on any atom is 1.00 e. The molecule has 0 aromatic rings. The van der Waals surface area contributed by atoms with Crippen molar-refractivity contribution in [3.05, 3.63) is 0 Å². The summed E-state index contributed by atoms with van der Waals surface area (Å²) in [6, 6.07) is 0. The SMILES string of the molecule is CC(C)SC(N)=O.[H-].[Na+]. The Bertz CT molecular complexity index is 81.0.